The van der Waals surface area contributed by atoms with Crippen molar-refractivity contribution >= 4 is 11.8 Å². The van der Waals surface area contributed by atoms with Crippen molar-refractivity contribution in [1.29, 1.82) is 0 Å². The van der Waals surface area contributed by atoms with Crippen LogP contribution in [0.25, 0.3) is 11.4 Å². The van der Waals surface area contributed by atoms with Gasteiger partial charge < -0.3 is 9.30 Å². The highest BCUT2D eigenvalue weighted by atomic mass is 32.2. The van der Waals surface area contributed by atoms with E-state index in [1.165, 1.54) is 12.1 Å². The molecule has 6 heteroatoms. The van der Waals surface area contributed by atoms with Crippen molar-refractivity contribution in [2.75, 3.05) is 19.0 Å². The van der Waals surface area contributed by atoms with Crippen molar-refractivity contribution < 1.29 is 9.13 Å². The predicted octanol–water partition coefficient (Wildman–Crippen LogP) is 2.75. The standard InChI is InChI=1S/C13H16FN3OS/c1-3-18-8-9-19-13-16-15-12(17(13)2)10-4-6-11(14)7-5-10/h4-7H,3,8-9H2,1-2H3. The summed E-state index contributed by atoms with van der Waals surface area (Å²) >= 11 is 1.60. The fourth-order valence-corrected chi connectivity index (χ4v) is 2.39. The average Bonchev–Trinajstić information content (AvgIpc) is 2.77. The summed E-state index contributed by atoms with van der Waals surface area (Å²) in [6.45, 7) is 3.39. The summed E-state index contributed by atoms with van der Waals surface area (Å²) < 4.78 is 20.1. The molecule has 0 fully saturated rings. The molecule has 1 aromatic carbocycles. The van der Waals surface area contributed by atoms with E-state index in [0.29, 0.717) is 6.61 Å². The highest BCUT2D eigenvalue weighted by molar-refractivity contribution is 7.99. The molecule has 0 N–H and O–H groups in total. The summed E-state index contributed by atoms with van der Waals surface area (Å²) in [6, 6.07) is 6.25. The lowest BCUT2D eigenvalue weighted by Crippen LogP contribution is -1.99. The molecule has 0 aliphatic rings. The summed E-state index contributed by atoms with van der Waals surface area (Å²) in [6.07, 6.45) is 0. The van der Waals surface area contributed by atoms with Gasteiger partial charge in [-0.1, -0.05) is 11.8 Å². The number of rotatable bonds is 6. The van der Waals surface area contributed by atoms with Crippen molar-refractivity contribution in [3.05, 3.63) is 30.1 Å². The minimum Gasteiger partial charge on any atom is -0.381 e. The highest BCUT2D eigenvalue weighted by Gasteiger charge is 2.10. The first-order valence-electron chi connectivity index (χ1n) is 6.08. The van der Waals surface area contributed by atoms with E-state index in [1.807, 2.05) is 18.5 Å². The normalized spacial score (nSPS) is 10.9. The minimum absolute atomic E-state index is 0.253. The molecule has 0 aliphatic carbocycles. The molecule has 0 unspecified atom stereocenters. The summed E-state index contributed by atoms with van der Waals surface area (Å²) in [5.74, 6) is 1.32. The van der Waals surface area contributed by atoms with Crippen LogP contribution in [0.1, 0.15) is 6.92 Å². The molecule has 0 aliphatic heterocycles. The molecule has 2 rings (SSSR count). The lowest BCUT2D eigenvalue weighted by Gasteiger charge is -2.04. The Bertz CT molecular complexity index is 527. The Morgan fingerprint density at radius 1 is 1.26 bits per heavy atom. The third-order valence-corrected chi connectivity index (χ3v) is 3.58. The van der Waals surface area contributed by atoms with Crippen LogP contribution in [0.2, 0.25) is 0 Å². The van der Waals surface area contributed by atoms with E-state index in [0.717, 1.165) is 28.9 Å². The van der Waals surface area contributed by atoms with Gasteiger partial charge in [0.05, 0.1) is 6.61 Å². The first kappa shape index (κ1) is 14.0. The van der Waals surface area contributed by atoms with Crippen LogP contribution >= 0.6 is 11.8 Å². The minimum atomic E-state index is -0.253. The van der Waals surface area contributed by atoms with Gasteiger partial charge >= 0.3 is 0 Å². The highest BCUT2D eigenvalue weighted by Crippen LogP contribution is 2.22. The zero-order chi connectivity index (χ0) is 13.7. The molecular weight excluding hydrogens is 265 g/mol. The maximum atomic E-state index is 12.9. The Morgan fingerprint density at radius 3 is 2.68 bits per heavy atom. The van der Waals surface area contributed by atoms with Crippen molar-refractivity contribution in [1.82, 2.24) is 14.8 Å². The van der Waals surface area contributed by atoms with E-state index in [9.17, 15) is 4.39 Å². The van der Waals surface area contributed by atoms with E-state index >= 15 is 0 Å². The van der Waals surface area contributed by atoms with Crippen LogP contribution in [-0.2, 0) is 11.8 Å². The second kappa shape index (κ2) is 6.68. The van der Waals surface area contributed by atoms with Gasteiger partial charge in [-0.15, -0.1) is 10.2 Å². The molecule has 2 aromatic rings. The van der Waals surface area contributed by atoms with Gasteiger partial charge in [0.1, 0.15) is 5.82 Å². The molecule has 0 spiro atoms. The number of nitrogens with zero attached hydrogens (tertiary/aromatic N) is 3. The Kier molecular flexibility index (Phi) is 4.93. The van der Waals surface area contributed by atoms with Gasteiger partial charge in [-0.25, -0.2) is 4.39 Å². The summed E-state index contributed by atoms with van der Waals surface area (Å²) in [7, 11) is 1.90. The van der Waals surface area contributed by atoms with Crippen LogP contribution in [-0.4, -0.2) is 33.7 Å². The van der Waals surface area contributed by atoms with E-state index in [-0.39, 0.29) is 5.82 Å². The quantitative estimate of drug-likeness (QED) is 0.603. The van der Waals surface area contributed by atoms with Gasteiger partial charge in [0.25, 0.3) is 0 Å². The SMILES string of the molecule is CCOCCSc1nnc(-c2ccc(F)cc2)n1C. The smallest absolute Gasteiger partial charge is 0.191 e. The largest absolute Gasteiger partial charge is 0.381 e. The molecule has 0 saturated carbocycles. The second-order valence-corrected chi connectivity index (χ2v) is 4.98. The number of thioether (sulfide) groups is 1. The predicted molar refractivity (Wildman–Crippen MR) is 73.6 cm³/mol. The summed E-state index contributed by atoms with van der Waals surface area (Å²) in [4.78, 5) is 0. The maximum Gasteiger partial charge on any atom is 0.191 e. The number of aromatic nitrogens is 3. The fourth-order valence-electron chi connectivity index (χ4n) is 1.63. The molecule has 0 atom stereocenters. The Balaban J connectivity index is 2.07. The lowest BCUT2D eigenvalue weighted by molar-refractivity contribution is 0.164. The number of ether oxygens (including phenoxy) is 1. The third kappa shape index (κ3) is 3.54. The molecule has 102 valence electrons. The first-order valence-corrected chi connectivity index (χ1v) is 7.06. The van der Waals surface area contributed by atoms with Gasteiger partial charge in [0, 0.05) is 25.0 Å². The topological polar surface area (TPSA) is 39.9 Å². The van der Waals surface area contributed by atoms with Crippen LogP contribution in [0.15, 0.2) is 29.4 Å². The van der Waals surface area contributed by atoms with Gasteiger partial charge in [-0.05, 0) is 31.2 Å². The van der Waals surface area contributed by atoms with Crippen molar-refractivity contribution in [3.63, 3.8) is 0 Å². The van der Waals surface area contributed by atoms with E-state index in [2.05, 4.69) is 10.2 Å². The van der Waals surface area contributed by atoms with Crippen molar-refractivity contribution in [2.24, 2.45) is 7.05 Å². The Labute approximate surface area is 116 Å². The monoisotopic (exact) mass is 281 g/mol. The van der Waals surface area contributed by atoms with Crippen molar-refractivity contribution in [2.45, 2.75) is 12.1 Å². The molecule has 0 amide bonds. The molecule has 19 heavy (non-hydrogen) atoms. The van der Waals surface area contributed by atoms with E-state index in [1.54, 1.807) is 23.9 Å². The van der Waals surface area contributed by atoms with Crippen LogP contribution in [0.5, 0.6) is 0 Å². The third-order valence-electron chi connectivity index (χ3n) is 2.60. The molecule has 1 heterocycles. The number of hydrogen-bond acceptors (Lipinski definition) is 4. The lowest BCUT2D eigenvalue weighted by atomic mass is 10.2. The molecule has 1 aromatic heterocycles. The molecule has 4 nitrogen and oxygen atoms in total. The first-order chi connectivity index (χ1) is 9.22. The molecular formula is C13H16FN3OS. The second-order valence-electron chi connectivity index (χ2n) is 3.92. The van der Waals surface area contributed by atoms with Gasteiger partial charge in [0.2, 0.25) is 0 Å². The number of benzene rings is 1. The fraction of sp³-hybridized carbons (Fsp3) is 0.385. The van der Waals surface area contributed by atoms with Crippen LogP contribution in [0.4, 0.5) is 4.39 Å². The number of hydrogen-bond donors (Lipinski definition) is 0. The Morgan fingerprint density at radius 2 is 2.00 bits per heavy atom. The van der Waals surface area contributed by atoms with E-state index in [4.69, 9.17) is 4.74 Å². The van der Waals surface area contributed by atoms with Gasteiger partial charge in [0.15, 0.2) is 11.0 Å². The summed E-state index contributed by atoms with van der Waals surface area (Å²) in [5.41, 5.74) is 0.855. The van der Waals surface area contributed by atoms with E-state index < -0.39 is 0 Å². The van der Waals surface area contributed by atoms with Crippen LogP contribution in [0.3, 0.4) is 0 Å². The zero-order valence-electron chi connectivity index (χ0n) is 11.0. The zero-order valence-corrected chi connectivity index (χ0v) is 11.8. The molecule has 0 bridgehead atoms. The number of halogens is 1. The molecule has 0 saturated heterocycles. The average molecular weight is 281 g/mol. The Hall–Kier alpha value is -1.40. The van der Waals surface area contributed by atoms with Crippen molar-refractivity contribution in [3.8, 4) is 11.4 Å². The van der Waals surface area contributed by atoms with Gasteiger partial charge in [-0.2, -0.15) is 0 Å². The van der Waals surface area contributed by atoms with Crippen LogP contribution < -0.4 is 0 Å². The maximum absolute atomic E-state index is 12.9. The summed E-state index contributed by atoms with van der Waals surface area (Å²) in [5, 5.41) is 9.11. The van der Waals surface area contributed by atoms with Crippen LogP contribution in [0, 0.1) is 5.82 Å². The van der Waals surface area contributed by atoms with Gasteiger partial charge in [-0.3, -0.25) is 0 Å². The molecule has 0 radical (unpaired) electrons.